The van der Waals surface area contributed by atoms with Crippen molar-refractivity contribution in [3.63, 3.8) is 0 Å². The number of furan rings is 1. The summed E-state index contributed by atoms with van der Waals surface area (Å²) in [5.74, 6) is 2.16. The fourth-order valence-corrected chi connectivity index (χ4v) is 3.34. The summed E-state index contributed by atoms with van der Waals surface area (Å²) >= 11 is 0. The monoisotopic (exact) mass is 331 g/mol. The predicted molar refractivity (Wildman–Crippen MR) is 89.4 cm³/mol. The summed E-state index contributed by atoms with van der Waals surface area (Å²) in [4.78, 5) is 18.3. The number of aromatic nitrogens is 3. The third kappa shape index (κ3) is 3.21. The van der Waals surface area contributed by atoms with Crippen LogP contribution in [0.4, 0.5) is 0 Å². The Kier molecular flexibility index (Phi) is 4.21. The second-order valence-corrected chi connectivity index (χ2v) is 7.49. The van der Waals surface area contributed by atoms with Gasteiger partial charge in [0.05, 0.1) is 6.04 Å². The van der Waals surface area contributed by atoms with Gasteiger partial charge < -0.3 is 10.2 Å². The molecule has 3 heterocycles. The van der Waals surface area contributed by atoms with Gasteiger partial charge in [0, 0.05) is 17.5 Å². The molecule has 0 spiro atoms. The van der Waals surface area contributed by atoms with Crippen LogP contribution in [-0.4, -0.2) is 32.5 Å². The molecule has 2 aromatic heterocycles. The average molecular weight is 331 g/mol. The van der Waals surface area contributed by atoms with Gasteiger partial charge in [-0.15, -0.1) is 0 Å². The molecule has 130 valence electrons. The number of nitrogens with one attached hydrogen (secondary N) is 1. The Morgan fingerprint density at radius 2 is 2.25 bits per heavy atom. The second-order valence-electron chi connectivity index (χ2n) is 7.49. The number of primary amides is 1. The predicted octanol–water partition coefficient (Wildman–Crippen LogP) is 2.44. The smallest absolute Gasteiger partial charge is 0.284 e. The molecule has 0 bridgehead atoms. The molecule has 3 rings (SSSR count). The van der Waals surface area contributed by atoms with Crippen molar-refractivity contribution in [2.24, 2.45) is 5.73 Å². The summed E-state index contributed by atoms with van der Waals surface area (Å²) in [7, 11) is 0. The molecule has 1 atom stereocenters. The Bertz CT molecular complexity index is 740. The first-order chi connectivity index (χ1) is 11.3. The van der Waals surface area contributed by atoms with Gasteiger partial charge >= 0.3 is 0 Å². The molecule has 1 fully saturated rings. The Morgan fingerprint density at radius 1 is 1.50 bits per heavy atom. The van der Waals surface area contributed by atoms with Gasteiger partial charge in [0.15, 0.2) is 11.6 Å². The lowest BCUT2D eigenvalue weighted by atomic mass is 9.90. The van der Waals surface area contributed by atoms with Crippen molar-refractivity contribution in [3.8, 4) is 0 Å². The highest BCUT2D eigenvalue weighted by Gasteiger charge is 2.32. The van der Waals surface area contributed by atoms with E-state index >= 15 is 0 Å². The van der Waals surface area contributed by atoms with Crippen molar-refractivity contribution in [1.29, 1.82) is 0 Å². The van der Waals surface area contributed by atoms with Crippen molar-refractivity contribution in [1.82, 2.24) is 20.1 Å². The van der Waals surface area contributed by atoms with Crippen LogP contribution in [0.5, 0.6) is 0 Å². The molecule has 3 N–H and O–H groups in total. The zero-order chi connectivity index (χ0) is 17.5. The third-order valence-corrected chi connectivity index (χ3v) is 4.38. The van der Waals surface area contributed by atoms with E-state index in [2.05, 4.69) is 40.9 Å². The van der Waals surface area contributed by atoms with E-state index in [1.807, 2.05) is 6.92 Å². The van der Waals surface area contributed by atoms with Gasteiger partial charge in [0.1, 0.15) is 11.6 Å². The average Bonchev–Trinajstić information content (AvgIpc) is 3.17. The van der Waals surface area contributed by atoms with Crippen LogP contribution in [0.25, 0.3) is 0 Å². The summed E-state index contributed by atoms with van der Waals surface area (Å²) in [6.45, 7) is 9.78. The van der Waals surface area contributed by atoms with Crippen LogP contribution in [0.2, 0.25) is 0 Å². The Morgan fingerprint density at radius 3 is 2.83 bits per heavy atom. The van der Waals surface area contributed by atoms with Gasteiger partial charge in [0.25, 0.3) is 5.91 Å². The van der Waals surface area contributed by atoms with Gasteiger partial charge in [-0.3, -0.25) is 14.8 Å². The number of amides is 1. The maximum Gasteiger partial charge on any atom is 0.284 e. The van der Waals surface area contributed by atoms with Gasteiger partial charge in [-0.25, -0.2) is 4.98 Å². The van der Waals surface area contributed by atoms with E-state index in [0.29, 0.717) is 6.54 Å². The fourth-order valence-electron chi connectivity index (χ4n) is 3.34. The summed E-state index contributed by atoms with van der Waals surface area (Å²) in [6, 6.07) is 1.97. The molecule has 1 saturated heterocycles. The van der Waals surface area contributed by atoms with Crippen molar-refractivity contribution in [3.05, 3.63) is 34.8 Å². The molecular weight excluding hydrogens is 306 g/mol. The number of carbonyl (C=O) groups is 1. The molecular formula is C17H25N5O2. The number of carbonyl (C=O) groups excluding carboxylic acids is 1. The Hall–Kier alpha value is -2.15. The molecule has 1 aliphatic rings. The number of hydrogen-bond acceptors (Lipinski definition) is 5. The number of H-pyrrole nitrogens is 1. The van der Waals surface area contributed by atoms with E-state index < -0.39 is 5.91 Å². The molecule has 1 amide bonds. The highest BCUT2D eigenvalue weighted by atomic mass is 16.4. The first-order valence-corrected chi connectivity index (χ1v) is 8.31. The van der Waals surface area contributed by atoms with Gasteiger partial charge in [-0.2, -0.15) is 5.10 Å². The molecule has 0 aromatic carbocycles. The SMILES string of the molecule is Cc1nc(C2CCCN2Cc2cc(C(N)=O)oc2C(C)(C)C)n[nH]1. The molecule has 24 heavy (non-hydrogen) atoms. The van der Waals surface area contributed by atoms with Crippen molar-refractivity contribution >= 4 is 5.91 Å². The number of aromatic amines is 1. The summed E-state index contributed by atoms with van der Waals surface area (Å²) < 4.78 is 5.76. The summed E-state index contributed by atoms with van der Waals surface area (Å²) in [6.07, 6.45) is 2.13. The second kappa shape index (κ2) is 6.05. The molecule has 0 aliphatic carbocycles. The zero-order valence-electron chi connectivity index (χ0n) is 14.7. The first-order valence-electron chi connectivity index (χ1n) is 8.31. The fraction of sp³-hybridized carbons (Fsp3) is 0.588. The van der Waals surface area contributed by atoms with Crippen LogP contribution < -0.4 is 5.73 Å². The van der Waals surface area contributed by atoms with E-state index in [4.69, 9.17) is 10.2 Å². The molecule has 1 unspecified atom stereocenters. The number of aryl methyl sites for hydroxylation is 1. The first kappa shape index (κ1) is 16.7. The van der Waals surface area contributed by atoms with E-state index in [-0.39, 0.29) is 17.2 Å². The highest BCUT2D eigenvalue weighted by Crippen LogP contribution is 2.35. The molecule has 0 radical (unpaired) electrons. The highest BCUT2D eigenvalue weighted by molar-refractivity contribution is 5.90. The summed E-state index contributed by atoms with van der Waals surface area (Å²) in [5.41, 5.74) is 6.21. The summed E-state index contributed by atoms with van der Waals surface area (Å²) in [5, 5.41) is 7.24. The van der Waals surface area contributed by atoms with E-state index in [0.717, 1.165) is 42.4 Å². The zero-order valence-corrected chi connectivity index (χ0v) is 14.7. The molecule has 2 aromatic rings. The van der Waals surface area contributed by atoms with Crippen LogP contribution in [0.15, 0.2) is 10.5 Å². The number of nitrogens with zero attached hydrogens (tertiary/aromatic N) is 3. The number of rotatable bonds is 4. The quantitative estimate of drug-likeness (QED) is 0.896. The van der Waals surface area contributed by atoms with Crippen LogP contribution in [0.1, 0.15) is 73.2 Å². The molecule has 7 nitrogen and oxygen atoms in total. The third-order valence-electron chi connectivity index (χ3n) is 4.38. The lowest BCUT2D eigenvalue weighted by molar-refractivity contribution is 0.0970. The lowest BCUT2D eigenvalue weighted by Gasteiger charge is -2.24. The lowest BCUT2D eigenvalue weighted by Crippen LogP contribution is -2.25. The normalized spacial score (nSPS) is 19.1. The van der Waals surface area contributed by atoms with E-state index in [1.165, 1.54) is 0 Å². The van der Waals surface area contributed by atoms with E-state index in [9.17, 15) is 4.79 Å². The number of hydrogen-bond donors (Lipinski definition) is 2. The van der Waals surface area contributed by atoms with Gasteiger partial charge in [-0.1, -0.05) is 20.8 Å². The molecule has 1 aliphatic heterocycles. The van der Waals surface area contributed by atoms with Crippen LogP contribution in [0.3, 0.4) is 0 Å². The van der Waals surface area contributed by atoms with Crippen LogP contribution in [0, 0.1) is 6.92 Å². The topological polar surface area (TPSA) is 101 Å². The maximum absolute atomic E-state index is 11.5. The largest absolute Gasteiger partial charge is 0.455 e. The minimum absolute atomic E-state index is 0.190. The van der Waals surface area contributed by atoms with Gasteiger partial charge in [-0.05, 0) is 32.4 Å². The van der Waals surface area contributed by atoms with Crippen LogP contribution in [-0.2, 0) is 12.0 Å². The number of likely N-dealkylation sites (tertiary alicyclic amines) is 1. The standard InChI is InChI=1S/C17H25N5O2/c1-10-19-16(21-20-10)12-6-5-7-22(12)9-11-8-13(15(18)23)24-14(11)17(2,3)4/h8,12H,5-7,9H2,1-4H3,(H2,18,23)(H,19,20,21). The van der Waals surface area contributed by atoms with E-state index in [1.54, 1.807) is 6.07 Å². The Labute approximate surface area is 141 Å². The number of nitrogens with two attached hydrogens (primary N) is 1. The minimum Gasteiger partial charge on any atom is -0.455 e. The molecule has 7 heteroatoms. The van der Waals surface area contributed by atoms with Gasteiger partial charge in [0.2, 0.25) is 0 Å². The molecule has 0 saturated carbocycles. The maximum atomic E-state index is 11.5. The van der Waals surface area contributed by atoms with Crippen molar-refractivity contribution in [2.45, 2.75) is 58.5 Å². The van der Waals surface area contributed by atoms with Crippen molar-refractivity contribution in [2.75, 3.05) is 6.54 Å². The van der Waals surface area contributed by atoms with Crippen LogP contribution >= 0.6 is 0 Å². The Balaban J connectivity index is 1.88. The minimum atomic E-state index is -0.533. The van der Waals surface area contributed by atoms with Crippen molar-refractivity contribution < 1.29 is 9.21 Å².